The Morgan fingerprint density at radius 3 is 2.94 bits per heavy atom. The largest absolute Gasteiger partial charge is 0.478 e. The molecule has 0 spiro atoms. The first-order valence-electron chi connectivity index (χ1n) is 5.46. The van der Waals surface area contributed by atoms with Crippen LogP contribution in [0, 0.1) is 0 Å². The third-order valence-electron chi connectivity index (χ3n) is 2.62. The molecule has 0 bridgehead atoms. The molecule has 1 unspecified atom stereocenters. The molecule has 1 aromatic rings. The van der Waals surface area contributed by atoms with Crippen LogP contribution in [-0.4, -0.2) is 18.7 Å². The number of hydrogen-bond donors (Lipinski definition) is 1. The Labute approximate surface area is 105 Å². The molecule has 4 nitrogen and oxygen atoms in total. The van der Waals surface area contributed by atoms with Gasteiger partial charge in [-0.05, 0) is 25.1 Å². The van der Waals surface area contributed by atoms with Crippen LogP contribution in [0.25, 0.3) is 0 Å². The topological polar surface area (TPSA) is 61.6 Å². The summed E-state index contributed by atoms with van der Waals surface area (Å²) in [5, 5.41) is 0.596. The fraction of sp³-hybridized carbons (Fsp3) is 0.417. The average molecular weight is 256 g/mol. The van der Waals surface area contributed by atoms with Gasteiger partial charge in [-0.15, -0.1) is 0 Å². The molecule has 1 aliphatic heterocycles. The summed E-state index contributed by atoms with van der Waals surface area (Å²) < 4.78 is 10.5. The highest BCUT2D eigenvalue weighted by Gasteiger charge is 2.29. The molecule has 0 saturated carbocycles. The van der Waals surface area contributed by atoms with E-state index in [1.165, 1.54) is 0 Å². The minimum atomic E-state index is -0.534. The van der Waals surface area contributed by atoms with Gasteiger partial charge in [0, 0.05) is 23.0 Å². The Hall–Kier alpha value is -1.26. The lowest BCUT2D eigenvalue weighted by Crippen LogP contribution is -2.23. The van der Waals surface area contributed by atoms with Crippen molar-refractivity contribution in [2.45, 2.75) is 25.5 Å². The van der Waals surface area contributed by atoms with Gasteiger partial charge >= 0.3 is 5.97 Å². The standard InChI is InChI=1S/C12H14ClNO3/c1-7(14)9-6-8(13)2-3-10(9)17-11-4-5-16-12(11)15/h2-3,6-7,11H,4-5,14H2,1H3/t7-,11?/m0/s1. The van der Waals surface area contributed by atoms with Gasteiger partial charge in [0.15, 0.2) is 6.10 Å². The van der Waals surface area contributed by atoms with Crippen molar-refractivity contribution in [1.82, 2.24) is 0 Å². The number of halogens is 1. The van der Waals surface area contributed by atoms with Gasteiger partial charge in [-0.2, -0.15) is 0 Å². The lowest BCUT2D eigenvalue weighted by molar-refractivity contribution is -0.143. The average Bonchev–Trinajstić information content (AvgIpc) is 2.67. The summed E-state index contributed by atoms with van der Waals surface area (Å²) in [6.45, 7) is 2.25. The smallest absolute Gasteiger partial charge is 0.347 e. The lowest BCUT2D eigenvalue weighted by atomic mass is 10.1. The quantitative estimate of drug-likeness (QED) is 0.840. The fourth-order valence-corrected chi connectivity index (χ4v) is 1.90. The number of carbonyl (C=O) groups excluding carboxylic acids is 1. The third kappa shape index (κ3) is 2.70. The van der Waals surface area contributed by atoms with Crippen LogP contribution >= 0.6 is 11.6 Å². The van der Waals surface area contributed by atoms with Gasteiger partial charge in [0.05, 0.1) is 6.61 Å². The minimum Gasteiger partial charge on any atom is -0.478 e. The molecule has 5 heteroatoms. The molecule has 1 saturated heterocycles. The maximum Gasteiger partial charge on any atom is 0.347 e. The van der Waals surface area contributed by atoms with Crippen LogP contribution in [0.4, 0.5) is 0 Å². The van der Waals surface area contributed by atoms with Crippen LogP contribution in [0.2, 0.25) is 5.02 Å². The molecule has 2 atom stereocenters. The van der Waals surface area contributed by atoms with Crippen molar-refractivity contribution in [3.63, 3.8) is 0 Å². The summed E-state index contributed by atoms with van der Waals surface area (Å²) in [5.41, 5.74) is 6.63. The molecule has 1 fully saturated rings. The third-order valence-corrected chi connectivity index (χ3v) is 2.85. The maximum atomic E-state index is 11.3. The van der Waals surface area contributed by atoms with Crippen LogP contribution in [0.5, 0.6) is 5.75 Å². The van der Waals surface area contributed by atoms with Crippen LogP contribution in [0.15, 0.2) is 18.2 Å². The molecule has 2 N–H and O–H groups in total. The number of rotatable bonds is 3. The van der Waals surface area contributed by atoms with E-state index in [1.807, 2.05) is 6.92 Å². The molecule has 2 rings (SSSR count). The highest BCUT2D eigenvalue weighted by atomic mass is 35.5. The maximum absolute atomic E-state index is 11.3. The van der Waals surface area contributed by atoms with E-state index in [9.17, 15) is 4.79 Å². The number of nitrogens with two attached hydrogens (primary N) is 1. The molecular weight excluding hydrogens is 242 g/mol. The summed E-state index contributed by atoms with van der Waals surface area (Å²) in [5.74, 6) is 0.267. The van der Waals surface area contributed by atoms with E-state index in [-0.39, 0.29) is 12.0 Å². The van der Waals surface area contributed by atoms with E-state index in [4.69, 9.17) is 26.8 Å². The first-order valence-corrected chi connectivity index (χ1v) is 5.84. The van der Waals surface area contributed by atoms with Gasteiger partial charge in [-0.1, -0.05) is 11.6 Å². The van der Waals surface area contributed by atoms with E-state index in [0.29, 0.717) is 23.8 Å². The van der Waals surface area contributed by atoms with Crippen molar-refractivity contribution in [2.75, 3.05) is 6.61 Å². The number of benzene rings is 1. The van der Waals surface area contributed by atoms with E-state index >= 15 is 0 Å². The molecule has 17 heavy (non-hydrogen) atoms. The summed E-state index contributed by atoms with van der Waals surface area (Å²) in [6, 6.07) is 4.98. The fourth-order valence-electron chi connectivity index (χ4n) is 1.72. The van der Waals surface area contributed by atoms with Crippen molar-refractivity contribution in [3.8, 4) is 5.75 Å². The predicted molar refractivity (Wildman–Crippen MR) is 64.0 cm³/mol. The summed E-state index contributed by atoms with van der Waals surface area (Å²) >= 11 is 5.90. The molecule has 1 aromatic carbocycles. The SMILES string of the molecule is C[C@H](N)c1cc(Cl)ccc1OC1CCOC1=O. The number of hydrogen-bond acceptors (Lipinski definition) is 4. The van der Waals surface area contributed by atoms with Crippen molar-refractivity contribution >= 4 is 17.6 Å². The molecule has 0 radical (unpaired) electrons. The van der Waals surface area contributed by atoms with Gasteiger partial charge < -0.3 is 15.2 Å². The summed E-state index contributed by atoms with van der Waals surface area (Å²) in [7, 11) is 0. The Morgan fingerprint density at radius 1 is 1.59 bits per heavy atom. The molecule has 0 aromatic heterocycles. The molecule has 1 heterocycles. The second-order valence-electron chi connectivity index (χ2n) is 4.03. The van der Waals surface area contributed by atoms with E-state index < -0.39 is 6.10 Å². The number of esters is 1. The Kier molecular flexibility index (Phi) is 3.54. The monoisotopic (exact) mass is 255 g/mol. The second kappa shape index (κ2) is 4.94. The molecule has 0 aliphatic carbocycles. The Bertz CT molecular complexity index is 434. The number of cyclic esters (lactones) is 1. The zero-order chi connectivity index (χ0) is 12.4. The Morgan fingerprint density at radius 2 is 2.35 bits per heavy atom. The van der Waals surface area contributed by atoms with Crippen LogP contribution < -0.4 is 10.5 Å². The number of ether oxygens (including phenoxy) is 2. The lowest BCUT2D eigenvalue weighted by Gasteiger charge is -2.16. The van der Waals surface area contributed by atoms with Crippen molar-refractivity contribution < 1.29 is 14.3 Å². The highest BCUT2D eigenvalue weighted by molar-refractivity contribution is 6.30. The number of carbonyl (C=O) groups is 1. The first kappa shape index (κ1) is 12.2. The predicted octanol–water partition coefficient (Wildman–Crippen LogP) is 2.05. The second-order valence-corrected chi connectivity index (χ2v) is 4.47. The van der Waals surface area contributed by atoms with Gasteiger partial charge in [-0.25, -0.2) is 4.79 Å². The Balaban J connectivity index is 2.22. The summed E-state index contributed by atoms with van der Waals surface area (Å²) in [4.78, 5) is 11.3. The van der Waals surface area contributed by atoms with E-state index in [1.54, 1.807) is 18.2 Å². The zero-order valence-electron chi connectivity index (χ0n) is 9.48. The van der Waals surface area contributed by atoms with Gasteiger partial charge in [0.25, 0.3) is 0 Å². The molecule has 0 amide bonds. The zero-order valence-corrected chi connectivity index (χ0v) is 10.2. The van der Waals surface area contributed by atoms with Crippen LogP contribution in [0.3, 0.4) is 0 Å². The van der Waals surface area contributed by atoms with E-state index in [0.717, 1.165) is 5.56 Å². The highest BCUT2D eigenvalue weighted by Crippen LogP contribution is 2.29. The van der Waals surface area contributed by atoms with Gasteiger partial charge in [-0.3, -0.25) is 0 Å². The summed E-state index contributed by atoms with van der Waals surface area (Å²) in [6.07, 6.45) is 0.0357. The molecular formula is C12H14ClNO3. The van der Waals surface area contributed by atoms with Crippen molar-refractivity contribution in [3.05, 3.63) is 28.8 Å². The van der Waals surface area contributed by atoms with Gasteiger partial charge in [0.1, 0.15) is 5.75 Å². The van der Waals surface area contributed by atoms with Crippen LogP contribution in [0.1, 0.15) is 24.9 Å². The normalized spacial score (nSPS) is 21.1. The first-order chi connectivity index (χ1) is 8.08. The van der Waals surface area contributed by atoms with Gasteiger partial charge in [0.2, 0.25) is 0 Å². The molecule has 92 valence electrons. The van der Waals surface area contributed by atoms with E-state index in [2.05, 4.69) is 0 Å². The van der Waals surface area contributed by atoms with Crippen molar-refractivity contribution in [2.24, 2.45) is 5.73 Å². The minimum absolute atomic E-state index is 0.207. The molecule has 1 aliphatic rings. The van der Waals surface area contributed by atoms with Crippen LogP contribution in [-0.2, 0) is 9.53 Å². The van der Waals surface area contributed by atoms with Crippen molar-refractivity contribution in [1.29, 1.82) is 0 Å².